The number of hydrogen-bond acceptors (Lipinski definition) is 3. The zero-order chi connectivity index (χ0) is 12.3. The fourth-order valence-electron chi connectivity index (χ4n) is 1.58. The summed E-state index contributed by atoms with van der Waals surface area (Å²) in [5, 5.41) is 7.31. The van der Waals surface area contributed by atoms with E-state index in [1.807, 2.05) is 43.0 Å². The summed E-state index contributed by atoms with van der Waals surface area (Å²) in [7, 11) is 1.86. The average molecular weight is 231 g/mol. The molecule has 2 rings (SSSR count). The number of nitrogens with one attached hydrogen (secondary N) is 1. The Labute approximate surface area is 101 Å². The zero-order valence-electron chi connectivity index (χ0n) is 10.3. The Hall–Kier alpha value is -1.81. The summed E-state index contributed by atoms with van der Waals surface area (Å²) >= 11 is 0. The van der Waals surface area contributed by atoms with Crippen LogP contribution >= 0.6 is 0 Å². The Balaban J connectivity index is 2.21. The van der Waals surface area contributed by atoms with Crippen molar-refractivity contribution in [1.82, 2.24) is 15.1 Å². The molecule has 0 saturated heterocycles. The molecule has 0 saturated carbocycles. The van der Waals surface area contributed by atoms with Crippen molar-refractivity contribution in [1.29, 1.82) is 0 Å². The number of para-hydroxylation sites is 1. The predicted molar refractivity (Wildman–Crippen MR) is 67.5 cm³/mol. The molecule has 1 unspecified atom stereocenters. The molecule has 1 aromatic heterocycles. The van der Waals surface area contributed by atoms with Crippen LogP contribution in [0.25, 0.3) is 5.69 Å². The van der Waals surface area contributed by atoms with Gasteiger partial charge in [0.1, 0.15) is 6.23 Å². The molecule has 0 aliphatic heterocycles. The van der Waals surface area contributed by atoms with Crippen molar-refractivity contribution in [2.24, 2.45) is 0 Å². The molecule has 0 fully saturated rings. The standard InChI is InChI=1S/C13H17N3O/c1-10-6-4-5-7-13(10)16-9-12(8-15-16)17-11(2)14-3/h4-9,11,14H,1-3H3. The summed E-state index contributed by atoms with van der Waals surface area (Å²) in [6, 6.07) is 8.12. The summed E-state index contributed by atoms with van der Waals surface area (Å²) in [5.41, 5.74) is 2.25. The van der Waals surface area contributed by atoms with Crippen LogP contribution in [0.15, 0.2) is 36.7 Å². The number of aryl methyl sites for hydroxylation is 1. The van der Waals surface area contributed by atoms with E-state index in [-0.39, 0.29) is 6.23 Å². The average Bonchev–Trinajstić information content (AvgIpc) is 2.78. The summed E-state index contributed by atoms with van der Waals surface area (Å²) in [4.78, 5) is 0. The maximum Gasteiger partial charge on any atom is 0.160 e. The molecule has 0 aliphatic carbocycles. The van der Waals surface area contributed by atoms with E-state index >= 15 is 0 Å². The SMILES string of the molecule is CNC(C)Oc1cnn(-c2ccccc2C)c1. The molecule has 2 aromatic rings. The van der Waals surface area contributed by atoms with Crippen LogP contribution in [-0.2, 0) is 0 Å². The fourth-order valence-corrected chi connectivity index (χ4v) is 1.58. The van der Waals surface area contributed by atoms with Crippen LogP contribution in [0.3, 0.4) is 0 Å². The molecular formula is C13H17N3O. The van der Waals surface area contributed by atoms with Gasteiger partial charge in [-0.3, -0.25) is 5.32 Å². The van der Waals surface area contributed by atoms with E-state index in [9.17, 15) is 0 Å². The number of rotatable bonds is 4. The highest BCUT2D eigenvalue weighted by Crippen LogP contribution is 2.17. The van der Waals surface area contributed by atoms with E-state index < -0.39 is 0 Å². The van der Waals surface area contributed by atoms with Crippen molar-refractivity contribution in [3.8, 4) is 11.4 Å². The maximum absolute atomic E-state index is 5.61. The quantitative estimate of drug-likeness (QED) is 0.819. The second-order valence-corrected chi connectivity index (χ2v) is 3.96. The van der Waals surface area contributed by atoms with Gasteiger partial charge in [0.25, 0.3) is 0 Å². The van der Waals surface area contributed by atoms with Crippen LogP contribution in [0.4, 0.5) is 0 Å². The van der Waals surface area contributed by atoms with Crippen LogP contribution in [0.2, 0.25) is 0 Å². The fraction of sp³-hybridized carbons (Fsp3) is 0.308. The van der Waals surface area contributed by atoms with Crippen LogP contribution in [0.5, 0.6) is 5.75 Å². The van der Waals surface area contributed by atoms with Gasteiger partial charge >= 0.3 is 0 Å². The second kappa shape index (κ2) is 5.01. The lowest BCUT2D eigenvalue weighted by Crippen LogP contribution is -2.27. The zero-order valence-corrected chi connectivity index (χ0v) is 10.3. The third-order valence-electron chi connectivity index (χ3n) is 2.64. The second-order valence-electron chi connectivity index (χ2n) is 3.96. The van der Waals surface area contributed by atoms with Crippen molar-refractivity contribution >= 4 is 0 Å². The molecule has 0 spiro atoms. The van der Waals surface area contributed by atoms with Gasteiger partial charge in [0.05, 0.1) is 18.1 Å². The van der Waals surface area contributed by atoms with Crippen LogP contribution < -0.4 is 10.1 Å². The van der Waals surface area contributed by atoms with E-state index in [4.69, 9.17) is 4.74 Å². The third kappa shape index (κ3) is 2.65. The smallest absolute Gasteiger partial charge is 0.160 e. The summed E-state index contributed by atoms with van der Waals surface area (Å²) in [6.45, 7) is 4.01. The van der Waals surface area contributed by atoms with E-state index in [0.29, 0.717) is 0 Å². The van der Waals surface area contributed by atoms with Gasteiger partial charge in [-0.25, -0.2) is 4.68 Å². The minimum Gasteiger partial charge on any atom is -0.472 e. The van der Waals surface area contributed by atoms with Crippen molar-refractivity contribution in [3.63, 3.8) is 0 Å². The number of benzene rings is 1. The number of nitrogens with zero attached hydrogens (tertiary/aromatic N) is 2. The molecule has 1 atom stereocenters. The largest absolute Gasteiger partial charge is 0.472 e. The van der Waals surface area contributed by atoms with Gasteiger partial charge in [0.15, 0.2) is 5.75 Å². The lowest BCUT2D eigenvalue weighted by Gasteiger charge is -2.10. The van der Waals surface area contributed by atoms with Crippen molar-refractivity contribution in [3.05, 3.63) is 42.2 Å². The first-order chi connectivity index (χ1) is 8.20. The molecule has 90 valence electrons. The third-order valence-corrected chi connectivity index (χ3v) is 2.64. The van der Waals surface area contributed by atoms with Crippen molar-refractivity contribution in [2.75, 3.05) is 7.05 Å². The molecule has 0 aliphatic rings. The number of ether oxygens (including phenoxy) is 1. The van der Waals surface area contributed by atoms with Gasteiger partial charge in [-0.1, -0.05) is 18.2 Å². The Morgan fingerprint density at radius 3 is 2.82 bits per heavy atom. The first kappa shape index (κ1) is 11.7. The Kier molecular flexibility index (Phi) is 3.44. The molecule has 17 heavy (non-hydrogen) atoms. The number of hydrogen-bond donors (Lipinski definition) is 1. The molecule has 1 aromatic carbocycles. The molecule has 1 N–H and O–H groups in total. The van der Waals surface area contributed by atoms with E-state index in [2.05, 4.69) is 23.4 Å². The summed E-state index contributed by atoms with van der Waals surface area (Å²) in [6.07, 6.45) is 3.58. The Morgan fingerprint density at radius 2 is 2.12 bits per heavy atom. The van der Waals surface area contributed by atoms with Crippen molar-refractivity contribution < 1.29 is 4.74 Å². The normalized spacial score (nSPS) is 12.4. The molecule has 0 radical (unpaired) electrons. The highest BCUT2D eigenvalue weighted by atomic mass is 16.5. The van der Waals surface area contributed by atoms with Gasteiger partial charge in [-0.05, 0) is 32.5 Å². The van der Waals surface area contributed by atoms with Crippen LogP contribution in [0, 0.1) is 6.92 Å². The molecule has 0 bridgehead atoms. The highest BCUT2D eigenvalue weighted by molar-refractivity contribution is 5.40. The van der Waals surface area contributed by atoms with Gasteiger partial charge in [0.2, 0.25) is 0 Å². The van der Waals surface area contributed by atoms with Crippen LogP contribution in [0.1, 0.15) is 12.5 Å². The van der Waals surface area contributed by atoms with Crippen LogP contribution in [-0.4, -0.2) is 23.1 Å². The lowest BCUT2D eigenvalue weighted by molar-refractivity contribution is 0.193. The topological polar surface area (TPSA) is 39.1 Å². The van der Waals surface area contributed by atoms with Gasteiger partial charge in [-0.15, -0.1) is 0 Å². The van der Waals surface area contributed by atoms with E-state index in [1.54, 1.807) is 6.20 Å². The summed E-state index contributed by atoms with van der Waals surface area (Å²) in [5.74, 6) is 0.759. The lowest BCUT2D eigenvalue weighted by atomic mass is 10.2. The minimum absolute atomic E-state index is 0.0236. The van der Waals surface area contributed by atoms with E-state index in [1.165, 1.54) is 5.56 Å². The highest BCUT2D eigenvalue weighted by Gasteiger charge is 2.06. The summed E-state index contributed by atoms with van der Waals surface area (Å²) < 4.78 is 7.44. The Morgan fingerprint density at radius 1 is 1.35 bits per heavy atom. The molecule has 4 heteroatoms. The van der Waals surface area contributed by atoms with Gasteiger partial charge in [0, 0.05) is 0 Å². The van der Waals surface area contributed by atoms with Crippen molar-refractivity contribution in [2.45, 2.75) is 20.1 Å². The first-order valence-electron chi connectivity index (χ1n) is 5.65. The van der Waals surface area contributed by atoms with Gasteiger partial charge in [-0.2, -0.15) is 5.10 Å². The monoisotopic (exact) mass is 231 g/mol. The van der Waals surface area contributed by atoms with Gasteiger partial charge < -0.3 is 4.74 Å². The maximum atomic E-state index is 5.61. The molecule has 1 heterocycles. The predicted octanol–water partition coefficient (Wildman–Crippen LogP) is 2.12. The minimum atomic E-state index is -0.0236. The molecular weight excluding hydrogens is 214 g/mol. The molecule has 0 amide bonds. The number of aromatic nitrogens is 2. The first-order valence-corrected chi connectivity index (χ1v) is 5.65. The Bertz CT molecular complexity index is 493. The van der Waals surface area contributed by atoms with E-state index in [0.717, 1.165) is 11.4 Å². The molecule has 4 nitrogen and oxygen atoms in total.